The summed E-state index contributed by atoms with van der Waals surface area (Å²) < 4.78 is 40.7. The Morgan fingerprint density at radius 1 is 1.24 bits per heavy atom. The van der Waals surface area contributed by atoms with Gasteiger partial charge in [0.1, 0.15) is 5.82 Å². The van der Waals surface area contributed by atoms with E-state index in [2.05, 4.69) is 10.1 Å². The first kappa shape index (κ1) is 13.8. The molecule has 0 bridgehead atoms. The number of rotatable bonds is 2. The van der Waals surface area contributed by atoms with Gasteiger partial charge in [0.05, 0.1) is 12.1 Å². The molecular weight excluding hydrogens is 285 g/mol. The van der Waals surface area contributed by atoms with Gasteiger partial charge in [-0.15, -0.1) is 0 Å². The minimum Gasteiger partial charge on any atom is -0.279 e. The van der Waals surface area contributed by atoms with Crippen molar-refractivity contribution in [2.45, 2.75) is 38.5 Å². The molecule has 3 heterocycles. The molecule has 0 amide bonds. The number of halogens is 3. The molecule has 0 radical (unpaired) electrons. The lowest BCUT2D eigenvalue weighted by Gasteiger charge is -2.09. The first-order valence-corrected chi connectivity index (χ1v) is 6.63. The van der Waals surface area contributed by atoms with Gasteiger partial charge in [0.15, 0.2) is 0 Å². The Hall–Kier alpha value is -2.12. The van der Waals surface area contributed by atoms with Crippen molar-refractivity contribution >= 4 is 0 Å². The van der Waals surface area contributed by atoms with E-state index in [1.165, 1.54) is 10.9 Å². The minimum atomic E-state index is -4.44. The van der Waals surface area contributed by atoms with Gasteiger partial charge in [-0.2, -0.15) is 18.3 Å². The number of alkyl halides is 3. The van der Waals surface area contributed by atoms with Gasteiger partial charge < -0.3 is 0 Å². The van der Waals surface area contributed by atoms with Crippen LogP contribution in [0.25, 0.3) is 0 Å². The van der Waals surface area contributed by atoms with Gasteiger partial charge in [0.25, 0.3) is 0 Å². The molecule has 1 aliphatic rings. The Kier molecular flexibility index (Phi) is 3.30. The average Bonchev–Trinajstić information content (AvgIpc) is 2.75. The topological polar surface area (TPSA) is 52.7 Å². The van der Waals surface area contributed by atoms with Crippen LogP contribution in [0, 0.1) is 0 Å². The van der Waals surface area contributed by atoms with Gasteiger partial charge in [-0.05, 0) is 24.5 Å². The van der Waals surface area contributed by atoms with Crippen LogP contribution in [0.4, 0.5) is 13.2 Å². The van der Waals surface area contributed by atoms with Crippen molar-refractivity contribution < 1.29 is 13.2 Å². The van der Waals surface area contributed by atoms with Gasteiger partial charge in [-0.3, -0.25) is 9.55 Å². The normalized spacial score (nSPS) is 15.0. The third-order valence-corrected chi connectivity index (χ3v) is 3.49. The van der Waals surface area contributed by atoms with Gasteiger partial charge in [-0.25, -0.2) is 9.48 Å². The molecule has 0 unspecified atom stereocenters. The number of pyridine rings is 1. The third-order valence-electron chi connectivity index (χ3n) is 3.49. The molecule has 0 atom stereocenters. The first-order chi connectivity index (χ1) is 9.95. The summed E-state index contributed by atoms with van der Waals surface area (Å²) in [5.41, 5.74) is -0.790. The Morgan fingerprint density at radius 3 is 2.76 bits per heavy atom. The second kappa shape index (κ2) is 5.01. The zero-order valence-electron chi connectivity index (χ0n) is 11.1. The highest BCUT2D eigenvalue weighted by atomic mass is 19.4. The molecule has 0 spiro atoms. The summed E-state index contributed by atoms with van der Waals surface area (Å²) in [4.78, 5) is 15.7. The summed E-state index contributed by atoms with van der Waals surface area (Å²) in [5, 5.41) is 4.20. The molecule has 5 nitrogen and oxygen atoms in total. The van der Waals surface area contributed by atoms with Crippen molar-refractivity contribution in [1.82, 2.24) is 19.3 Å². The SMILES string of the molecule is O=c1n(Cc2cncc(C(F)(F)F)c2)nc2n1CCCC2. The average molecular weight is 298 g/mol. The van der Waals surface area contributed by atoms with Gasteiger partial charge >= 0.3 is 11.9 Å². The van der Waals surface area contributed by atoms with E-state index in [9.17, 15) is 18.0 Å². The molecule has 1 aliphatic heterocycles. The Balaban J connectivity index is 1.91. The summed E-state index contributed by atoms with van der Waals surface area (Å²) in [6.07, 6.45) is 0.264. The largest absolute Gasteiger partial charge is 0.417 e. The Morgan fingerprint density at radius 2 is 2.05 bits per heavy atom. The molecule has 0 aliphatic carbocycles. The minimum absolute atomic E-state index is 0.00421. The van der Waals surface area contributed by atoms with Crippen LogP contribution in [0.2, 0.25) is 0 Å². The van der Waals surface area contributed by atoms with Gasteiger partial charge in [0, 0.05) is 25.4 Å². The molecule has 0 N–H and O–H groups in total. The van der Waals surface area contributed by atoms with E-state index in [0.29, 0.717) is 17.9 Å². The lowest BCUT2D eigenvalue weighted by molar-refractivity contribution is -0.137. The Bertz CT molecular complexity index is 717. The van der Waals surface area contributed by atoms with Crippen molar-refractivity contribution in [2.24, 2.45) is 0 Å². The van der Waals surface area contributed by atoms with E-state index in [0.717, 1.165) is 31.5 Å². The number of hydrogen-bond acceptors (Lipinski definition) is 3. The number of nitrogens with zero attached hydrogens (tertiary/aromatic N) is 4. The summed E-state index contributed by atoms with van der Waals surface area (Å²) in [5.74, 6) is 0.700. The summed E-state index contributed by atoms with van der Waals surface area (Å²) in [6.45, 7) is 0.616. The zero-order chi connectivity index (χ0) is 15.0. The summed E-state index contributed by atoms with van der Waals surface area (Å²) in [7, 11) is 0. The predicted octanol–water partition coefficient (Wildman–Crippen LogP) is 1.84. The van der Waals surface area contributed by atoms with Crippen LogP contribution in [0.3, 0.4) is 0 Å². The third kappa shape index (κ3) is 2.70. The fraction of sp³-hybridized carbons (Fsp3) is 0.462. The molecule has 3 rings (SSSR count). The number of aryl methyl sites for hydroxylation is 1. The first-order valence-electron chi connectivity index (χ1n) is 6.63. The number of fused-ring (bicyclic) bond motifs is 1. The maximum atomic E-state index is 12.6. The Labute approximate surface area is 118 Å². The second-order valence-corrected chi connectivity index (χ2v) is 5.04. The van der Waals surface area contributed by atoms with E-state index in [1.807, 2.05) is 0 Å². The standard InChI is InChI=1S/C13H13F3N4O/c14-13(15,16)10-5-9(6-17-7-10)8-20-12(21)19-4-2-1-3-11(19)18-20/h5-7H,1-4,8H2. The van der Waals surface area contributed by atoms with Crippen LogP contribution in [0.15, 0.2) is 23.3 Å². The highest BCUT2D eigenvalue weighted by molar-refractivity contribution is 5.20. The molecule has 0 aromatic carbocycles. The van der Waals surface area contributed by atoms with E-state index in [4.69, 9.17) is 0 Å². The second-order valence-electron chi connectivity index (χ2n) is 5.04. The van der Waals surface area contributed by atoms with Crippen molar-refractivity contribution in [3.8, 4) is 0 Å². The molecule has 8 heteroatoms. The fourth-order valence-electron chi connectivity index (χ4n) is 2.45. The van der Waals surface area contributed by atoms with Crippen LogP contribution >= 0.6 is 0 Å². The molecule has 0 fully saturated rings. The monoisotopic (exact) mass is 298 g/mol. The van der Waals surface area contributed by atoms with E-state index >= 15 is 0 Å². The fourth-order valence-corrected chi connectivity index (χ4v) is 2.45. The van der Waals surface area contributed by atoms with Crippen molar-refractivity contribution in [3.05, 3.63) is 45.9 Å². The van der Waals surface area contributed by atoms with Crippen molar-refractivity contribution in [3.63, 3.8) is 0 Å². The number of aromatic nitrogens is 4. The quantitative estimate of drug-likeness (QED) is 0.850. The predicted molar refractivity (Wildman–Crippen MR) is 67.8 cm³/mol. The van der Waals surface area contributed by atoms with Crippen LogP contribution < -0.4 is 5.69 Å². The molecular formula is C13H13F3N4O. The van der Waals surface area contributed by atoms with Crippen LogP contribution in [-0.2, 0) is 25.7 Å². The molecule has 112 valence electrons. The van der Waals surface area contributed by atoms with Crippen LogP contribution in [-0.4, -0.2) is 19.3 Å². The van der Waals surface area contributed by atoms with E-state index in [-0.39, 0.29) is 12.2 Å². The van der Waals surface area contributed by atoms with Crippen LogP contribution in [0.5, 0.6) is 0 Å². The summed E-state index contributed by atoms with van der Waals surface area (Å²) in [6, 6.07) is 0.998. The summed E-state index contributed by atoms with van der Waals surface area (Å²) >= 11 is 0. The highest BCUT2D eigenvalue weighted by Crippen LogP contribution is 2.28. The highest BCUT2D eigenvalue weighted by Gasteiger charge is 2.31. The maximum absolute atomic E-state index is 12.6. The maximum Gasteiger partial charge on any atom is 0.417 e. The molecule has 0 saturated heterocycles. The molecule has 2 aromatic rings. The van der Waals surface area contributed by atoms with Gasteiger partial charge in [0.2, 0.25) is 0 Å². The zero-order valence-corrected chi connectivity index (χ0v) is 11.1. The van der Waals surface area contributed by atoms with E-state index in [1.54, 1.807) is 4.57 Å². The lowest BCUT2D eigenvalue weighted by Crippen LogP contribution is -2.27. The lowest BCUT2D eigenvalue weighted by atomic mass is 10.2. The van der Waals surface area contributed by atoms with Crippen LogP contribution in [0.1, 0.15) is 29.8 Å². The van der Waals surface area contributed by atoms with Gasteiger partial charge in [-0.1, -0.05) is 0 Å². The molecule has 0 saturated carbocycles. The van der Waals surface area contributed by atoms with Crippen molar-refractivity contribution in [1.29, 1.82) is 0 Å². The smallest absolute Gasteiger partial charge is 0.279 e. The van der Waals surface area contributed by atoms with E-state index < -0.39 is 11.7 Å². The molecule has 2 aromatic heterocycles. The molecule has 21 heavy (non-hydrogen) atoms. The van der Waals surface area contributed by atoms with Crippen molar-refractivity contribution in [2.75, 3.05) is 0 Å². The number of hydrogen-bond donors (Lipinski definition) is 0.